The summed E-state index contributed by atoms with van der Waals surface area (Å²) >= 11 is 0. The van der Waals surface area contributed by atoms with Crippen molar-refractivity contribution < 1.29 is 4.39 Å². The van der Waals surface area contributed by atoms with E-state index in [1.54, 1.807) is 12.1 Å². The van der Waals surface area contributed by atoms with Crippen LogP contribution in [0.1, 0.15) is 5.56 Å². The number of hydrogen-bond donors (Lipinski definition) is 1. The Morgan fingerprint density at radius 1 is 0.929 bits per heavy atom. The Hall–Kier alpha value is -2.99. The lowest BCUT2D eigenvalue weighted by atomic mass is 10.2. The Bertz CT molecular complexity index is 923. The van der Waals surface area contributed by atoms with Gasteiger partial charge in [-0.05, 0) is 13.1 Å². The number of benzene rings is 2. The first-order valence-electron chi connectivity index (χ1n) is 9.54. The van der Waals surface area contributed by atoms with Crippen molar-refractivity contribution in [1.29, 1.82) is 0 Å². The molecule has 1 aliphatic heterocycles. The Labute approximate surface area is 164 Å². The molecule has 0 spiro atoms. The van der Waals surface area contributed by atoms with Gasteiger partial charge in [0.2, 0.25) is 0 Å². The summed E-state index contributed by atoms with van der Waals surface area (Å²) in [4.78, 5) is 14.1. The number of rotatable bonds is 5. The maximum atomic E-state index is 14.0. The first kappa shape index (κ1) is 18.4. The van der Waals surface area contributed by atoms with Crippen molar-refractivity contribution in [3.05, 3.63) is 72.0 Å². The highest BCUT2D eigenvalue weighted by Gasteiger charge is 2.17. The maximum absolute atomic E-state index is 14.0. The molecule has 1 saturated heterocycles. The zero-order valence-electron chi connectivity index (χ0n) is 16.0. The molecular weight excluding hydrogens is 353 g/mol. The van der Waals surface area contributed by atoms with Crippen LogP contribution in [0.25, 0.3) is 11.4 Å². The number of halogens is 1. The highest BCUT2D eigenvalue weighted by molar-refractivity contribution is 5.62. The SMILES string of the molecule is CN1CCN(c2cc(NCc3ccccc3F)nc(-c3ccccc3)n2)CC1. The Kier molecular flexibility index (Phi) is 5.48. The summed E-state index contributed by atoms with van der Waals surface area (Å²) in [7, 11) is 2.13. The second kappa shape index (κ2) is 8.35. The molecule has 2 aromatic carbocycles. The predicted molar refractivity (Wildman–Crippen MR) is 111 cm³/mol. The van der Waals surface area contributed by atoms with Gasteiger partial charge in [-0.15, -0.1) is 0 Å². The molecule has 0 unspecified atom stereocenters. The van der Waals surface area contributed by atoms with Crippen molar-refractivity contribution in [2.45, 2.75) is 6.54 Å². The summed E-state index contributed by atoms with van der Waals surface area (Å²) in [5.74, 6) is 2.06. The van der Waals surface area contributed by atoms with Gasteiger partial charge >= 0.3 is 0 Å². The molecule has 2 heterocycles. The molecule has 1 aliphatic rings. The maximum Gasteiger partial charge on any atom is 0.163 e. The van der Waals surface area contributed by atoms with E-state index in [-0.39, 0.29) is 5.82 Å². The molecule has 0 aliphatic carbocycles. The van der Waals surface area contributed by atoms with Gasteiger partial charge in [-0.1, -0.05) is 48.5 Å². The zero-order valence-corrected chi connectivity index (χ0v) is 16.0. The van der Waals surface area contributed by atoms with E-state index in [2.05, 4.69) is 27.1 Å². The molecule has 1 aromatic heterocycles. The molecule has 3 aromatic rings. The van der Waals surface area contributed by atoms with E-state index in [0.717, 1.165) is 37.6 Å². The third-order valence-electron chi connectivity index (χ3n) is 4.99. The van der Waals surface area contributed by atoms with Gasteiger partial charge < -0.3 is 15.1 Å². The van der Waals surface area contributed by atoms with Crippen LogP contribution in [-0.2, 0) is 6.54 Å². The van der Waals surface area contributed by atoms with Gasteiger partial charge in [-0.3, -0.25) is 0 Å². The molecule has 1 fully saturated rings. The molecule has 144 valence electrons. The molecular formula is C22H24FN5. The number of aromatic nitrogens is 2. The first-order valence-corrected chi connectivity index (χ1v) is 9.54. The van der Waals surface area contributed by atoms with Crippen LogP contribution in [0.3, 0.4) is 0 Å². The monoisotopic (exact) mass is 377 g/mol. The number of anilines is 2. The fourth-order valence-corrected chi connectivity index (χ4v) is 3.27. The molecule has 0 atom stereocenters. The van der Waals surface area contributed by atoms with Gasteiger partial charge in [0.25, 0.3) is 0 Å². The first-order chi connectivity index (χ1) is 13.7. The standard InChI is InChI=1S/C22H24FN5/c1-27-11-13-28(14-12-27)21-15-20(24-16-18-9-5-6-10-19(18)23)25-22(26-21)17-7-3-2-4-8-17/h2-10,15H,11-14,16H2,1H3,(H,24,25,26). The van der Waals surface area contributed by atoms with Gasteiger partial charge in [-0.25, -0.2) is 14.4 Å². The van der Waals surface area contributed by atoms with Crippen molar-refractivity contribution >= 4 is 11.6 Å². The van der Waals surface area contributed by atoms with Crippen LogP contribution in [-0.4, -0.2) is 48.1 Å². The lowest BCUT2D eigenvalue weighted by molar-refractivity contribution is 0.312. The third-order valence-corrected chi connectivity index (χ3v) is 4.99. The van der Waals surface area contributed by atoms with Crippen molar-refractivity contribution in [2.75, 3.05) is 43.4 Å². The zero-order chi connectivity index (χ0) is 19.3. The van der Waals surface area contributed by atoms with Gasteiger partial charge in [0.1, 0.15) is 17.5 Å². The van der Waals surface area contributed by atoms with Crippen LogP contribution in [0.2, 0.25) is 0 Å². The van der Waals surface area contributed by atoms with Crippen LogP contribution in [0, 0.1) is 5.82 Å². The molecule has 6 heteroatoms. The quantitative estimate of drug-likeness (QED) is 0.735. The van der Waals surface area contributed by atoms with Crippen molar-refractivity contribution in [2.24, 2.45) is 0 Å². The van der Waals surface area contributed by atoms with Crippen LogP contribution in [0.5, 0.6) is 0 Å². The van der Waals surface area contributed by atoms with E-state index in [0.29, 0.717) is 23.8 Å². The highest BCUT2D eigenvalue weighted by atomic mass is 19.1. The fourth-order valence-electron chi connectivity index (χ4n) is 3.27. The Morgan fingerprint density at radius 2 is 1.64 bits per heavy atom. The lowest BCUT2D eigenvalue weighted by Gasteiger charge is -2.33. The molecule has 0 radical (unpaired) electrons. The molecule has 0 saturated carbocycles. The van der Waals surface area contributed by atoms with Crippen LogP contribution in [0.15, 0.2) is 60.7 Å². The third kappa shape index (κ3) is 4.28. The van der Waals surface area contributed by atoms with E-state index in [4.69, 9.17) is 4.98 Å². The van der Waals surface area contributed by atoms with Gasteiger partial charge in [0.05, 0.1) is 0 Å². The second-order valence-electron chi connectivity index (χ2n) is 7.04. The minimum absolute atomic E-state index is 0.216. The van der Waals surface area contributed by atoms with E-state index >= 15 is 0 Å². The number of nitrogens with one attached hydrogen (secondary N) is 1. The van der Waals surface area contributed by atoms with E-state index in [1.165, 1.54) is 6.07 Å². The van der Waals surface area contributed by atoms with Crippen LogP contribution >= 0.6 is 0 Å². The minimum Gasteiger partial charge on any atom is -0.366 e. The summed E-state index contributed by atoms with van der Waals surface area (Å²) < 4.78 is 14.0. The van der Waals surface area contributed by atoms with E-state index < -0.39 is 0 Å². The molecule has 0 amide bonds. The topological polar surface area (TPSA) is 44.3 Å². The summed E-state index contributed by atoms with van der Waals surface area (Å²) in [6.07, 6.45) is 0. The predicted octanol–water partition coefficient (Wildman–Crippen LogP) is 3.65. The van der Waals surface area contributed by atoms with Crippen molar-refractivity contribution in [3.63, 3.8) is 0 Å². The Morgan fingerprint density at radius 3 is 2.39 bits per heavy atom. The number of hydrogen-bond acceptors (Lipinski definition) is 5. The van der Waals surface area contributed by atoms with Crippen LogP contribution < -0.4 is 10.2 Å². The minimum atomic E-state index is -0.216. The molecule has 1 N–H and O–H groups in total. The summed E-state index contributed by atoms with van der Waals surface area (Å²) in [6, 6.07) is 18.7. The van der Waals surface area contributed by atoms with Crippen LogP contribution in [0.4, 0.5) is 16.0 Å². The van der Waals surface area contributed by atoms with Gasteiger partial charge in [0.15, 0.2) is 5.82 Å². The smallest absolute Gasteiger partial charge is 0.163 e. The Balaban J connectivity index is 1.63. The summed E-state index contributed by atoms with van der Waals surface area (Å²) in [5, 5.41) is 3.27. The number of nitrogens with zero attached hydrogens (tertiary/aromatic N) is 4. The van der Waals surface area contributed by atoms with Gasteiger partial charge in [0, 0.05) is 49.9 Å². The normalized spacial score (nSPS) is 14.9. The number of likely N-dealkylation sites (N-methyl/N-ethyl adjacent to an activating group) is 1. The van der Waals surface area contributed by atoms with Crippen molar-refractivity contribution in [1.82, 2.24) is 14.9 Å². The average Bonchev–Trinajstić information content (AvgIpc) is 2.74. The van der Waals surface area contributed by atoms with Crippen molar-refractivity contribution in [3.8, 4) is 11.4 Å². The summed E-state index contributed by atoms with van der Waals surface area (Å²) in [6.45, 7) is 4.23. The largest absolute Gasteiger partial charge is 0.366 e. The fraction of sp³-hybridized carbons (Fsp3) is 0.273. The van der Waals surface area contributed by atoms with E-state index in [1.807, 2.05) is 42.5 Å². The molecule has 28 heavy (non-hydrogen) atoms. The molecule has 0 bridgehead atoms. The van der Waals surface area contributed by atoms with E-state index in [9.17, 15) is 4.39 Å². The number of piperazine rings is 1. The molecule has 4 rings (SSSR count). The second-order valence-corrected chi connectivity index (χ2v) is 7.04. The summed E-state index contributed by atoms with van der Waals surface area (Å²) in [5.41, 5.74) is 1.58. The average molecular weight is 377 g/mol. The highest BCUT2D eigenvalue weighted by Crippen LogP contribution is 2.24. The lowest BCUT2D eigenvalue weighted by Crippen LogP contribution is -2.44. The van der Waals surface area contributed by atoms with Gasteiger partial charge in [-0.2, -0.15) is 0 Å². The molecule has 5 nitrogen and oxygen atoms in total.